The van der Waals surface area contributed by atoms with E-state index in [1.807, 2.05) is 70.2 Å². The van der Waals surface area contributed by atoms with Crippen LogP contribution in [-0.2, 0) is 4.79 Å². The van der Waals surface area contributed by atoms with Gasteiger partial charge in [0.05, 0.1) is 6.10 Å². The molecule has 0 fully saturated rings. The van der Waals surface area contributed by atoms with Crippen molar-refractivity contribution in [2.24, 2.45) is 0 Å². The molecule has 0 saturated heterocycles. The highest BCUT2D eigenvalue weighted by atomic mass is 16.5. The van der Waals surface area contributed by atoms with Gasteiger partial charge >= 0.3 is 0 Å². The second-order valence-corrected chi connectivity index (χ2v) is 5.86. The van der Waals surface area contributed by atoms with Gasteiger partial charge in [-0.1, -0.05) is 18.2 Å². The number of nitrogens with one attached hydrogen (secondary N) is 1. The van der Waals surface area contributed by atoms with Gasteiger partial charge in [-0.25, -0.2) is 0 Å². The molecule has 0 bridgehead atoms. The Hall–Kier alpha value is -2.55. The van der Waals surface area contributed by atoms with E-state index in [0.29, 0.717) is 0 Å². The van der Waals surface area contributed by atoms with Crippen molar-refractivity contribution in [2.75, 3.05) is 5.32 Å². The average Bonchev–Trinajstić information content (AvgIpc) is 2.49. The van der Waals surface area contributed by atoms with Crippen LogP contribution in [0, 0.1) is 13.8 Å². The molecule has 0 unspecified atom stereocenters. The summed E-state index contributed by atoms with van der Waals surface area (Å²) in [6, 6.07) is 13.6. The van der Waals surface area contributed by atoms with Crippen molar-refractivity contribution in [2.45, 2.75) is 33.8 Å². The Morgan fingerprint density at radius 2 is 1.87 bits per heavy atom. The molecule has 1 N–H and O–H groups in total. The Morgan fingerprint density at radius 3 is 2.57 bits per heavy atom. The monoisotopic (exact) mass is 309 g/mol. The molecule has 2 rings (SSSR count). The highest BCUT2D eigenvalue weighted by Crippen LogP contribution is 2.17. The van der Waals surface area contributed by atoms with E-state index in [4.69, 9.17) is 4.74 Å². The number of rotatable bonds is 5. The minimum atomic E-state index is -0.150. The molecular formula is C20H23NO2. The van der Waals surface area contributed by atoms with Gasteiger partial charge in [-0.3, -0.25) is 4.79 Å². The summed E-state index contributed by atoms with van der Waals surface area (Å²) >= 11 is 0. The number of hydrogen-bond acceptors (Lipinski definition) is 2. The van der Waals surface area contributed by atoms with Crippen LogP contribution in [0.25, 0.3) is 6.08 Å². The van der Waals surface area contributed by atoms with Crippen LogP contribution in [-0.4, -0.2) is 12.0 Å². The highest BCUT2D eigenvalue weighted by Gasteiger charge is 2.01. The molecule has 1 amide bonds. The first-order valence-electron chi connectivity index (χ1n) is 7.77. The van der Waals surface area contributed by atoms with E-state index in [0.717, 1.165) is 22.6 Å². The minimum Gasteiger partial charge on any atom is -0.491 e. The first-order valence-corrected chi connectivity index (χ1v) is 7.77. The largest absolute Gasteiger partial charge is 0.491 e. The first-order chi connectivity index (χ1) is 10.9. The number of amides is 1. The van der Waals surface area contributed by atoms with Crippen molar-refractivity contribution in [3.63, 3.8) is 0 Å². The van der Waals surface area contributed by atoms with Crippen LogP contribution in [0.2, 0.25) is 0 Å². The molecule has 3 heteroatoms. The molecule has 0 saturated carbocycles. The van der Waals surface area contributed by atoms with Crippen molar-refractivity contribution >= 4 is 17.7 Å². The molecule has 0 atom stereocenters. The second kappa shape index (κ2) is 7.63. The molecular weight excluding hydrogens is 286 g/mol. The van der Waals surface area contributed by atoms with E-state index in [2.05, 4.69) is 5.32 Å². The number of carbonyl (C=O) groups excluding carboxylic acids is 1. The summed E-state index contributed by atoms with van der Waals surface area (Å²) in [6.45, 7) is 8.05. The van der Waals surface area contributed by atoms with Gasteiger partial charge in [0.1, 0.15) is 5.75 Å². The quantitative estimate of drug-likeness (QED) is 0.810. The number of anilines is 1. The summed E-state index contributed by atoms with van der Waals surface area (Å²) in [5.41, 5.74) is 4.10. The molecule has 0 aliphatic heterocycles. The van der Waals surface area contributed by atoms with Crippen molar-refractivity contribution in [3.8, 4) is 5.75 Å². The Labute approximate surface area is 138 Å². The average molecular weight is 309 g/mol. The topological polar surface area (TPSA) is 38.3 Å². The second-order valence-electron chi connectivity index (χ2n) is 5.86. The normalized spacial score (nSPS) is 11.0. The van der Waals surface area contributed by atoms with E-state index < -0.39 is 0 Å². The Balaban J connectivity index is 2.01. The van der Waals surface area contributed by atoms with Gasteiger partial charge < -0.3 is 10.1 Å². The third-order valence-corrected chi connectivity index (χ3v) is 3.43. The summed E-state index contributed by atoms with van der Waals surface area (Å²) in [5, 5.41) is 2.87. The fourth-order valence-corrected chi connectivity index (χ4v) is 2.14. The number of ether oxygens (including phenoxy) is 1. The van der Waals surface area contributed by atoms with Crippen LogP contribution in [0.4, 0.5) is 5.69 Å². The van der Waals surface area contributed by atoms with Crippen molar-refractivity contribution in [1.82, 2.24) is 0 Å². The van der Waals surface area contributed by atoms with E-state index in [-0.39, 0.29) is 12.0 Å². The predicted octanol–water partition coefficient (Wildman–Crippen LogP) is 4.74. The molecule has 2 aromatic carbocycles. The molecule has 23 heavy (non-hydrogen) atoms. The van der Waals surface area contributed by atoms with E-state index in [1.54, 1.807) is 6.08 Å². The summed E-state index contributed by atoms with van der Waals surface area (Å²) in [5.74, 6) is 0.653. The molecule has 2 aromatic rings. The van der Waals surface area contributed by atoms with Crippen molar-refractivity contribution in [1.29, 1.82) is 0 Å². The highest BCUT2D eigenvalue weighted by molar-refractivity contribution is 6.02. The number of carbonyl (C=O) groups is 1. The molecule has 0 aromatic heterocycles. The lowest BCUT2D eigenvalue weighted by Gasteiger charge is -2.09. The maximum absolute atomic E-state index is 12.0. The summed E-state index contributed by atoms with van der Waals surface area (Å²) in [6.07, 6.45) is 3.44. The minimum absolute atomic E-state index is 0.127. The molecule has 0 spiro atoms. The van der Waals surface area contributed by atoms with Gasteiger partial charge in [-0.2, -0.15) is 0 Å². The Kier molecular flexibility index (Phi) is 5.58. The van der Waals surface area contributed by atoms with Crippen LogP contribution >= 0.6 is 0 Å². The van der Waals surface area contributed by atoms with Crippen molar-refractivity contribution in [3.05, 3.63) is 65.2 Å². The third kappa shape index (κ3) is 5.29. The van der Waals surface area contributed by atoms with E-state index in [1.165, 1.54) is 11.6 Å². The molecule has 0 aliphatic carbocycles. The fraction of sp³-hybridized carbons (Fsp3) is 0.250. The lowest BCUT2D eigenvalue weighted by atomic mass is 10.1. The van der Waals surface area contributed by atoms with Crippen LogP contribution in [0.5, 0.6) is 5.75 Å². The number of aryl methyl sites for hydroxylation is 2. The predicted molar refractivity (Wildman–Crippen MR) is 95.8 cm³/mol. The van der Waals surface area contributed by atoms with Crippen LogP contribution in [0.3, 0.4) is 0 Å². The zero-order valence-corrected chi connectivity index (χ0v) is 14.1. The summed E-state index contributed by atoms with van der Waals surface area (Å²) in [4.78, 5) is 12.0. The van der Waals surface area contributed by atoms with Crippen LogP contribution in [0.15, 0.2) is 48.5 Å². The fourth-order valence-electron chi connectivity index (χ4n) is 2.14. The molecule has 0 radical (unpaired) electrons. The van der Waals surface area contributed by atoms with Gasteiger partial charge in [0.2, 0.25) is 5.91 Å². The van der Waals surface area contributed by atoms with E-state index >= 15 is 0 Å². The smallest absolute Gasteiger partial charge is 0.248 e. The van der Waals surface area contributed by atoms with E-state index in [9.17, 15) is 4.79 Å². The first kappa shape index (κ1) is 16.8. The van der Waals surface area contributed by atoms with Crippen LogP contribution < -0.4 is 10.1 Å². The molecule has 3 nitrogen and oxygen atoms in total. The maximum atomic E-state index is 12.0. The lowest BCUT2D eigenvalue weighted by Crippen LogP contribution is -2.08. The van der Waals surface area contributed by atoms with Gasteiger partial charge in [0.25, 0.3) is 0 Å². The molecule has 0 heterocycles. The maximum Gasteiger partial charge on any atom is 0.248 e. The number of benzene rings is 2. The van der Waals surface area contributed by atoms with Gasteiger partial charge in [0.15, 0.2) is 0 Å². The number of hydrogen-bond donors (Lipinski definition) is 1. The molecule has 120 valence electrons. The third-order valence-electron chi connectivity index (χ3n) is 3.43. The summed E-state index contributed by atoms with van der Waals surface area (Å²) in [7, 11) is 0. The summed E-state index contributed by atoms with van der Waals surface area (Å²) < 4.78 is 5.65. The van der Waals surface area contributed by atoms with Gasteiger partial charge in [-0.15, -0.1) is 0 Å². The zero-order chi connectivity index (χ0) is 16.8. The van der Waals surface area contributed by atoms with Crippen molar-refractivity contribution < 1.29 is 9.53 Å². The molecule has 0 aliphatic rings. The Bertz CT molecular complexity index is 717. The SMILES string of the molecule is Cc1ccc(NC(=O)/C=C/c2cccc(OC(C)C)c2)cc1C. The van der Waals surface area contributed by atoms with Gasteiger partial charge in [-0.05, 0) is 74.7 Å². The van der Waals surface area contributed by atoms with Crippen LogP contribution in [0.1, 0.15) is 30.5 Å². The van der Waals surface area contributed by atoms with Gasteiger partial charge in [0, 0.05) is 11.8 Å². The standard InChI is InChI=1S/C20H23NO2/c1-14(2)23-19-7-5-6-17(13-19)9-11-20(22)21-18-10-8-15(3)16(4)12-18/h5-14H,1-4H3,(H,21,22)/b11-9+. The lowest BCUT2D eigenvalue weighted by molar-refractivity contribution is -0.111. The zero-order valence-electron chi connectivity index (χ0n) is 14.1. The Morgan fingerprint density at radius 1 is 1.09 bits per heavy atom.